The number of carbonyl (C=O) groups is 1. The van der Waals surface area contributed by atoms with Crippen LogP contribution in [-0.2, 0) is 19.0 Å². The summed E-state index contributed by atoms with van der Waals surface area (Å²) in [7, 11) is 0. The Morgan fingerprint density at radius 1 is 0.929 bits per heavy atom. The average Bonchev–Trinajstić information content (AvgIpc) is 2.73. The van der Waals surface area contributed by atoms with E-state index in [1.54, 1.807) is 6.92 Å². The Morgan fingerprint density at radius 3 is 2.11 bits per heavy atom. The molecular weight excluding hydrogens is 352 g/mol. The molecule has 28 heavy (non-hydrogen) atoms. The van der Waals surface area contributed by atoms with Gasteiger partial charge in [0.25, 0.3) is 0 Å². The molecule has 0 aliphatic carbocycles. The van der Waals surface area contributed by atoms with Gasteiger partial charge in [-0.2, -0.15) is 0 Å². The molecule has 0 spiro atoms. The lowest BCUT2D eigenvalue weighted by molar-refractivity contribution is -0.136. The van der Waals surface area contributed by atoms with Gasteiger partial charge in [-0.1, -0.05) is 78.9 Å². The van der Waals surface area contributed by atoms with Crippen LogP contribution in [0, 0.1) is 0 Å². The van der Waals surface area contributed by atoms with Gasteiger partial charge in [0.15, 0.2) is 6.10 Å². The molecular formula is C24H24O4. The smallest absolute Gasteiger partial charge is 0.233 e. The van der Waals surface area contributed by atoms with E-state index in [-0.39, 0.29) is 24.8 Å². The molecule has 4 heteroatoms. The zero-order valence-corrected chi connectivity index (χ0v) is 15.9. The first kappa shape index (κ1) is 19.6. The molecule has 0 fully saturated rings. The van der Waals surface area contributed by atoms with Crippen molar-refractivity contribution >= 4 is 17.9 Å². The summed E-state index contributed by atoms with van der Waals surface area (Å²) in [5.74, 6) is 0.559. The SMILES string of the molecule is CC1=C(OCC=Cc2ccccc2)C(=O)C(OCC=Cc2ccccc2)CO1. The van der Waals surface area contributed by atoms with Crippen molar-refractivity contribution in [1.29, 1.82) is 0 Å². The van der Waals surface area contributed by atoms with Gasteiger partial charge in [0.05, 0.1) is 6.61 Å². The van der Waals surface area contributed by atoms with E-state index in [4.69, 9.17) is 14.2 Å². The molecule has 1 aliphatic heterocycles. The van der Waals surface area contributed by atoms with Crippen LogP contribution in [0.1, 0.15) is 18.1 Å². The Hall–Kier alpha value is -3.11. The standard InChI is InChI=1S/C24H24O4/c1-19-24(27-17-9-15-21-12-6-3-7-13-21)23(25)22(18-28-19)26-16-8-14-20-10-4-2-5-11-20/h2-15,22H,16-18H2,1H3. The molecule has 0 radical (unpaired) electrons. The predicted molar refractivity (Wildman–Crippen MR) is 110 cm³/mol. The van der Waals surface area contributed by atoms with Gasteiger partial charge < -0.3 is 14.2 Å². The molecule has 3 rings (SSSR count). The molecule has 2 aromatic rings. The Balaban J connectivity index is 1.49. The minimum absolute atomic E-state index is 0.176. The zero-order valence-electron chi connectivity index (χ0n) is 15.9. The van der Waals surface area contributed by atoms with Crippen LogP contribution in [0.2, 0.25) is 0 Å². The number of benzene rings is 2. The lowest BCUT2D eigenvalue weighted by Crippen LogP contribution is -2.36. The maximum Gasteiger partial charge on any atom is 0.233 e. The lowest BCUT2D eigenvalue weighted by atomic mass is 10.1. The van der Waals surface area contributed by atoms with E-state index in [1.807, 2.05) is 85.0 Å². The number of carbonyl (C=O) groups excluding carboxylic acids is 1. The van der Waals surface area contributed by atoms with Crippen LogP contribution in [0.4, 0.5) is 0 Å². The van der Waals surface area contributed by atoms with Gasteiger partial charge in [-0.25, -0.2) is 0 Å². The third-order valence-electron chi connectivity index (χ3n) is 4.22. The van der Waals surface area contributed by atoms with Gasteiger partial charge in [-0.05, 0) is 24.1 Å². The molecule has 1 aliphatic rings. The van der Waals surface area contributed by atoms with Crippen molar-refractivity contribution < 1.29 is 19.0 Å². The molecule has 0 aromatic heterocycles. The fourth-order valence-corrected chi connectivity index (χ4v) is 2.76. The highest BCUT2D eigenvalue weighted by Gasteiger charge is 2.31. The molecule has 0 saturated carbocycles. The van der Waals surface area contributed by atoms with Crippen LogP contribution in [0.25, 0.3) is 12.2 Å². The summed E-state index contributed by atoms with van der Waals surface area (Å²) < 4.78 is 16.9. The van der Waals surface area contributed by atoms with E-state index in [2.05, 4.69) is 0 Å². The van der Waals surface area contributed by atoms with Crippen molar-refractivity contribution in [2.45, 2.75) is 13.0 Å². The second-order valence-corrected chi connectivity index (χ2v) is 6.32. The Kier molecular flexibility index (Phi) is 7.21. The van der Waals surface area contributed by atoms with Crippen LogP contribution >= 0.6 is 0 Å². The monoisotopic (exact) mass is 376 g/mol. The van der Waals surface area contributed by atoms with Gasteiger partial charge in [-0.3, -0.25) is 4.79 Å². The number of Topliss-reactive ketones (excluding diaryl/α,β-unsaturated/α-hetero) is 1. The van der Waals surface area contributed by atoms with Crippen LogP contribution < -0.4 is 0 Å². The summed E-state index contributed by atoms with van der Waals surface area (Å²) in [5.41, 5.74) is 2.16. The molecule has 1 unspecified atom stereocenters. The minimum atomic E-state index is -0.655. The maximum absolute atomic E-state index is 12.6. The molecule has 1 atom stereocenters. The van der Waals surface area contributed by atoms with Crippen molar-refractivity contribution in [2.75, 3.05) is 19.8 Å². The number of hydrogen-bond acceptors (Lipinski definition) is 4. The number of hydrogen-bond donors (Lipinski definition) is 0. The highest BCUT2D eigenvalue weighted by Crippen LogP contribution is 2.19. The van der Waals surface area contributed by atoms with Gasteiger partial charge in [0.1, 0.15) is 19.0 Å². The Bertz CT molecular complexity index is 851. The van der Waals surface area contributed by atoms with Gasteiger partial charge in [0.2, 0.25) is 11.5 Å². The summed E-state index contributed by atoms with van der Waals surface area (Å²) in [6.45, 7) is 2.56. The van der Waals surface area contributed by atoms with Crippen LogP contribution in [0.5, 0.6) is 0 Å². The number of ketones is 1. The molecule has 0 saturated heterocycles. The Labute approximate surface area is 165 Å². The minimum Gasteiger partial charge on any atom is -0.491 e. The third-order valence-corrected chi connectivity index (χ3v) is 4.22. The van der Waals surface area contributed by atoms with Gasteiger partial charge in [-0.15, -0.1) is 0 Å². The molecule has 0 N–H and O–H groups in total. The van der Waals surface area contributed by atoms with Crippen molar-refractivity contribution in [3.8, 4) is 0 Å². The zero-order chi connectivity index (χ0) is 19.6. The predicted octanol–water partition coefficient (Wildman–Crippen LogP) is 4.65. The van der Waals surface area contributed by atoms with Crippen LogP contribution in [0.3, 0.4) is 0 Å². The molecule has 1 heterocycles. The van der Waals surface area contributed by atoms with Crippen molar-refractivity contribution in [2.24, 2.45) is 0 Å². The normalized spacial score (nSPS) is 17.3. The highest BCUT2D eigenvalue weighted by molar-refractivity contribution is 5.98. The fraction of sp³-hybridized carbons (Fsp3) is 0.208. The molecule has 0 bridgehead atoms. The average molecular weight is 376 g/mol. The fourth-order valence-electron chi connectivity index (χ4n) is 2.76. The molecule has 144 valence electrons. The van der Waals surface area contributed by atoms with E-state index >= 15 is 0 Å². The van der Waals surface area contributed by atoms with E-state index in [0.717, 1.165) is 11.1 Å². The summed E-state index contributed by atoms with van der Waals surface area (Å²) >= 11 is 0. The molecule has 0 amide bonds. The summed E-state index contributed by atoms with van der Waals surface area (Å²) in [6.07, 6.45) is 7.01. The van der Waals surface area contributed by atoms with Crippen molar-refractivity contribution in [1.82, 2.24) is 0 Å². The van der Waals surface area contributed by atoms with Gasteiger partial charge >= 0.3 is 0 Å². The summed E-state index contributed by atoms with van der Waals surface area (Å²) in [4.78, 5) is 12.6. The summed E-state index contributed by atoms with van der Waals surface area (Å²) in [6, 6.07) is 19.8. The van der Waals surface area contributed by atoms with E-state index in [0.29, 0.717) is 12.4 Å². The van der Waals surface area contributed by atoms with Crippen LogP contribution in [-0.4, -0.2) is 31.7 Å². The van der Waals surface area contributed by atoms with Gasteiger partial charge in [0, 0.05) is 0 Å². The highest BCUT2D eigenvalue weighted by atomic mass is 16.6. The Morgan fingerprint density at radius 2 is 1.50 bits per heavy atom. The quantitative estimate of drug-likeness (QED) is 0.673. The lowest BCUT2D eigenvalue weighted by Gasteiger charge is -2.24. The largest absolute Gasteiger partial charge is 0.491 e. The van der Waals surface area contributed by atoms with E-state index in [9.17, 15) is 4.79 Å². The molecule has 4 nitrogen and oxygen atoms in total. The molecule has 2 aromatic carbocycles. The van der Waals surface area contributed by atoms with Crippen LogP contribution in [0.15, 0.2) is 84.3 Å². The van der Waals surface area contributed by atoms with E-state index < -0.39 is 6.10 Å². The first-order valence-corrected chi connectivity index (χ1v) is 9.29. The maximum atomic E-state index is 12.6. The van der Waals surface area contributed by atoms with Crippen molar-refractivity contribution in [3.63, 3.8) is 0 Å². The topological polar surface area (TPSA) is 44.8 Å². The first-order valence-electron chi connectivity index (χ1n) is 9.29. The summed E-state index contributed by atoms with van der Waals surface area (Å²) in [5, 5.41) is 0. The van der Waals surface area contributed by atoms with Crippen molar-refractivity contribution in [3.05, 3.63) is 95.5 Å². The second-order valence-electron chi connectivity index (χ2n) is 6.32. The first-order chi connectivity index (χ1) is 13.7. The number of rotatable bonds is 8. The number of allylic oxidation sites excluding steroid dienone is 1. The second kappa shape index (κ2) is 10.3. The van der Waals surface area contributed by atoms with E-state index in [1.165, 1.54) is 0 Å². The number of ether oxygens (including phenoxy) is 3. The third kappa shape index (κ3) is 5.69.